The van der Waals surface area contributed by atoms with Gasteiger partial charge in [-0.25, -0.2) is 4.39 Å². The summed E-state index contributed by atoms with van der Waals surface area (Å²) in [6.45, 7) is 5.56. The van der Waals surface area contributed by atoms with Crippen molar-refractivity contribution in [1.29, 1.82) is 0 Å². The fraction of sp³-hybridized carbons (Fsp3) is 0.238. The van der Waals surface area contributed by atoms with Crippen LogP contribution in [-0.2, 0) is 10.2 Å². The SMILES string of the molecule is CC1(C)C2=C(COC/C2=C\c2ccccc2)c2ccc(F)cc21. The molecule has 2 aromatic carbocycles. The van der Waals surface area contributed by atoms with Crippen molar-refractivity contribution >= 4 is 11.6 Å². The molecule has 0 radical (unpaired) electrons. The second kappa shape index (κ2) is 5.17. The molecule has 0 bridgehead atoms. The number of hydrogen-bond donors (Lipinski definition) is 0. The lowest BCUT2D eigenvalue weighted by Crippen LogP contribution is -2.23. The van der Waals surface area contributed by atoms with Gasteiger partial charge in [-0.3, -0.25) is 0 Å². The molecule has 1 aliphatic heterocycles. The Morgan fingerprint density at radius 3 is 2.61 bits per heavy atom. The highest BCUT2D eigenvalue weighted by Crippen LogP contribution is 2.51. The molecule has 2 aromatic rings. The molecule has 0 saturated heterocycles. The summed E-state index contributed by atoms with van der Waals surface area (Å²) in [5.74, 6) is -0.175. The van der Waals surface area contributed by atoms with Gasteiger partial charge in [-0.15, -0.1) is 0 Å². The van der Waals surface area contributed by atoms with Gasteiger partial charge in [0.05, 0.1) is 13.2 Å². The number of halogens is 1. The molecule has 0 saturated carbocycles. The van der Waals surface area contributed by atoms with Gasteiger partial charge in [0.25, 0.3) is 0 Å². The van der Waals surface area contributed by atoms with Crippen LogP contribution in [0.15, 0.2) is 59.7 Å². The summed E-state index contributed by atoms with van der Waals surface area (Å²) in [4.78, 5) is 0. The van der Waals surface area contributed by atoms with Crippen molar-refractivity contribution in [3.05, 3.63) is 82.2 Å². The zero-order chi connectivity index (χ0) is 16.0. The average molecular weight is 306 g/mol. The molecule has 1 aliphatic carbocycles. The standard InChI is InChI=1S/C21H19FO/c1-21(2)19-11-16(22)8-9-17(19)18-13-23-12-15(20(18)21)10-14-6-4-3-5-7-14/h3-11H,12-13H2,1-2H3/b15-10+. The van der Waals surface area contributed by atoms with Gasteiger partial charge in [-0.2, -0.15) is 0 Å². The van der Waals surface area contributed by atoms with Gasteiger partial charge >= 0.3 is 0 Å². The van der Waals surface area contributed by atoms with Crippen LogP contribution in [0.3, 0.4) is 0 Å². The van der Waals surface area contributed by atoms with Crippen molar-refractivity contribution in [1.82, 2.24) is 0 Å². The van der Waals surface area contributed by atoms with E-state index in [1.807, 2.05) is 24.3 Å². The van der Waals surface area contributed by atoms with Gasteiger partial charge in [0, 0.05) is 5.41 Å². The van der Waals surface area contributed by atoms with Gasteiger partial charge < -0.3 is 4.74 Å². The van der Waals surface area contributed by atoms with Crippen LogP contribution in [0.2, 0.25) is 0 Å². The van der Waals surface area contributed by atoms with Gasteiger partial charge in [0.1, 0.15) is 5.82 Å². The van der Waals surface area contributed by atoms with Gasteiger partial charge in [-0.05, 0) is 51.6 Å². The van der Waals surface area contributed by atoms with E-state index >= 15 is 0 Å². The van der Waals surface area contributed by atoms with Crippen LogP contribution in [0.4, 0.5) is 4.39 Å². The minimum absolute atomic E-state index is 0.175. The Hall–Kier alpha value is -2.19. The van der Waals surface area contributed by atoms with E-state index < -0.39 is 0 Å². The fourth-order valence-corrected chi connectivity index (χ4v) is 3.89. The molecule has 1 nitrogen and oxygen atoms in total. The van der Waals surface area contributed by atoms with Gasteiger partial charge in [0.15, 0.2) is 0 Å². The van der Waals surface area contributed by atoms with E-state index in [-0.39, 0.29) is 11.2 Å². The van der Waals surface area contributed by atoms with Crippen molar-refractivity contribution in [3.8, 4) is 0 Å². The summed E-state index contributed by atoms with van der Waals surface area (Å²) in [5.41, 5.74) is 6.86. The molecule has 2 heteroatoms. The summed E-state index contributed by atoms with van der Waals surface area (Å²) >= 11 is 0. The van der Waals surface area contributed by atoms with Crippen molar-refractivity contribution in [3.63, 3.8) is 0 Å². The summed E-state index contributed by atoms with van der Waals surface area (Å²) in [6, 6.07) is 15.4. The smallest absolute Gasteiger partial charge is 0.123 e. The third-order valence-corrected chi connectivity index (χ3v) is 4.87. The molecule has 4 rings (SSSR count). The Labute approximate surface area is 136 Å². The average Bonchev–Trinajstić information content (AvgIpc) is 2.77. The Morgan fingerprint density at radius 2 is 1.83 bits per heavy atom. The summed E-state index contributed by atoms with van der Waals surface area (Å²) in [5, 5.41) is 0. The van der Waals surface area contributed by atoms with Crippen molar-refractivity contribution in [2.24, 2.45) is 0 Å². The molecular formula is C21H19FO. The molecule has 0 atom stereocenters. The highest BCUT2D eigenvalue weighted by atomic mass is 19.1. The minimum Gasteiger partial charge on any atom is -0.372 e. The lowest BCUT2D eigenvalue weighted by atomic mass is 9.77. The first kappa shape index (κ1) is 14.4. The van der Waals surface area contributed by atoms with Crippen LogP contribution in [-0.4, -0.2) is 13.2 Å². The number of benzene rings is 2. The number of rotatable bonds is 1. The highest BCUT2D eigenvalue weighted by molar-refractivity contribution is 5.86. The third-order valence-electron chi connectivity index (χ3n) is 4.87. The summed E-state index contributed by atoms with van der Waals surface area (Å²) in [6.07, 6.45) is 2.19. The first-order valence-electron chi connectivity index (χ1n) is 7.95. The molecule has 116 valence electrons. The maximum Gasteiger partial charge on any atom is 0.123 e. The highest BCUT2D eigenvalue weighted by Gasteiger charge is 2.41. The fourth-order valence-electron chi connectivity index (χ4n) is 3.89. The van der Waals surface area contributed by atoms with Crippen molar-refractivity contribution < 1.29 is 9.13 Å². The van der Waals surface area contributed by atoms with E-state index in [4.69, 9.17) is 4.74 Å². The molecule has 23 heavy (non-hydrogen) atoms. The molecule has 0 aromatic heterocycles. The molecule has 2 aliphatic rings. The Balaban J connectivity index is 1.89. The molecule has 0 amide bonds. The van der Waals surface area contributed by atoms with Crippen molar-refractivity contribution in [2.75, 3.05) is 13.2 Å². The minimum atomic E-state index is -0.197. The largest absolute Gasteiger partial charge is 0.372 e. The normalized spacial score (nSPS) is 20.6. The van der Waals surface area contributed by atoms with Crippen LogP contribution in [0.1, 0.15) is 30.5 Å². The maximum absolute atomic E-state index is 13.8. The molecule has 0 spiro atoms. The Morgan fingerprint density at radius 1 is 1.04 bits per heavy atom. The zero-order valence-electron chi connectivity index (χ0n) is 13.4. The van der Waals surface area contributed by atoms with Crippen LogP contribution < -0.4 is 0 Å². The molecule has 0 unspecified atom stereocenters. The zero-order valence-corrected chi connectivity index (χ0v) is 13.4. The van der Waals surface area contributed by atoms with E-state index in [9.17, 15) is 4.39 Å². The first-order valence-corrected chi connectivity index (χ1v) is 7.95. The van der Waals surface area contributed by atoms with Gasteiger partial charge in [-0.1, -0.05) is 50.2 Å². The molecule has 1 heterocycles. The van der Waals surface area contributed by atoms with Crippen LogP contribution in [0, 0.1) is 5.82 Å². The second-order valence-corrected chi connectivity index (χ2v) is 6.74. The van der Waals surface area contributed by atoms with Gasteiger partial charge in [0.2, 0.25) is 0 Å². The lowest BCUT2D eigenvalue weighted by molar-refractivity contribution is 0.186. The first-order chi connectivity index (χ1) is 11.1. The molecule has 0 fully saturated rings. The number of fused-ring (bicyclic) bond motifs is 2. The monoisotopic (exact) mass is 306 g/mol. The van der Waals surface area contributed by atoms with Crippen LogP contribution in [0.5, 0.6) is 0 Å². The Bertz CT molecular complexity index is 828. The quantitative estimate of drug-likeness (QED) is 0.721. The van der Waals surface area contributed by atoms with Crippen molar-refractivity contribution in [2.45, 2.75) is 19.3 Å². The number of hydrogen-bond acceptors (Lipinski definition) is 1. The topological polar surface area (TPSA) is 9.23 Å². The van der Waals surface area contributed by atoms with E-state index in [2.05, 4.69) is 32.1 Å². The predicted molar refractivity (Wildman–Crippen MR) is 91.6 cm³/mol. The second-order valence-electron chi connectivity index (χ2n) is 6.74. The lowest BCUT2D eigenvalue weighted by Gasteiger charge is -2.29. The third kappa shape index (κ3) is 2.25. The summed E-state index contributed by atoms with van der Waals surface area (Å²) in [7, 11) is 0. The maximum atomic E-state index is 13.8. The van der Waals surface area contributed by atoms with E-state index in [1.165, 1.54) is 16.7 Å². The summed E-state index contributed by atoms with van der Waals surface area (Å²) < 4.78 is 19.6. The molecule has 0 N–H and O–H groups in total. The Kier molecular flexibility index (Phi) is 3.24. The van der Waals surface area contributed by atoms with Crippen LogP contribution in [0.25, 0.3) is 11.6 Å². The predicted octanol–water partition coefficient (Wildman–Crippen LogP) is 4.98. The number of ether oxygens (including phenoxy) is 1. The molecular weight excluding hydrogens is 287 g/mol. The van der Waals surface area contributed by atoms with E-state index in [0.717, 1.165) is 16.7 Å². The van der Waals surface area contributed by atoms with E-state index in [1.54, 1.807) is 12.1 Å². The van der Waals surface area contributed by atoms with E-state index in [0.29, 0.717) is 13.2 Å². The van der Waals surface area contributed by atoms with Crippen LogP contribution >= 0.6 is 0 Å².